The minimum absolute atomic E-state index is 0.00781. The molecule has 2 aromatic rings. The Morgan fingerprint density at radius 3 is 1.96 bits per heavy atom. The minimum atomic E-state index is -0.877. The van der Waals surface area contributed by atoms with Crippen molar-refractivity contribution >= 4 is 23.4 Å². The average Bonchev–Trinajstić information content (AvgIpc) is 2.64. The number of imide groups is 1. The van der Waals surface area contributed by atoms with E-state index in [1.54, 1.807) is 24.3 Å². The number of hydrogen-bond donors (Lipinski definition) is 1. The van der Waals surface area contributed by atoms with Crippen LogP contribution in [0.1, 0.15) is 12.5 Å². The molecule has 0 saturated carbocycles. The van der Waals surface area contributed by atoms with Crippen LogP contribution in [0.15, 0.2) is 60.7 Å². The summed E-state index contributed by atoms with van der Waals surface area (Å²) in [7, 11) is 0. The molecule has 2 rings (SSSR count). The number of benzene rings is 2. The Balaban J connectivity index is 2.32. The van der Waals surface area contributed by atoms with Crippen LogP contribution >= 0.6 is 0 Å². The topological polar surface area (TPSA) is 83.7 Å². The van der Waals surface area contributed by atoms with Crippen molar-refractivity contribution in [3.05, 3.63) is 66.2 Å². The molecule has 2 aromatic carbocycles. The molecule has 130 valence electrons. The Bertz CT molecular complexity index is 732. The van der Waals surface area contributed by atoms with Gasteiger partial charge in [0, 0.05) is 25.7 Å². The van der Waals surface area contributed by atoms with E-state index in [-0.39, 0.29) is 19.6 Å². The second-order valence-electron chi connectivity index (χ2n) is 5.48. The van der Waals surface area contributed by atoms with Crippen molar-refractivity contribution in [2.45, 2.75) is 13.5 Å². The van der Waals surface area contributed by atoms with E-state index in [1.807, 2.05) is 36.4 Å². The Labute approximate surface area is 146 Å². The number of carbonyl (C=O) groups is 3. The third kappa shape index (κ3) is 4.74. The molecule has 6 nitrogen and oxygen atoms in total. The highest BCUT2D eigenvalue weighted by atomic mass is 16.2. The fourth-order valence-electron chi connectivity index (χ4n) is 2.42. The van der Waals surface area contributed by atoms with Gasteiger partial charge in [0.25, 0.3) is 0 Å². The van der Waals surface area contributed by atoms with E-state index in [1.165, 1.54) is 11.8 Å². The van der Waals surface area contributed by atoms with Crippen molar-refractivity contribution in [2.75, 3.05) is 18.0 Å². The summed E-state index contributed by atoms with van der Waals surface area (Å²) < 4.78 is 0. The van der Waals surface area contributed by atoms with Crippen LogP contribution in [0, 0.1) is 0 Å². The van der Waals surface area contributed by atoms with Crippen LogP contribution in [0.4, 0.5) is 5.69 Å². The fraction of sp³-hybridized carbons (Fsp3) is 0.211. The van der Waals surface area contributed by atoms with Crippen LogP contribution in [0.3, 0.4) is 0 Å². The first-order valence-electron chi connectivity index (χ1n) is 7.97. The number of nitrogens with zero attached hydrogens (tertiary/aromatic N) is 2. The molecule has 0 aliphatic rings. The molecule has 0 saturated heterocycles. The maximum atomic E-state index is 12.8. The second-order valence-corrected chi connectivity index (χ2v) is 5.48. The van der Waals surface area contributed by atoms with Crippen LogP contribution in [0.25, 0.3) is 0 Å². The van der Waals surface area contributed by atoms with Gasteiger partial charge in [-0.3, -0.25) is 24.2 Å². The van der Waals surface area contributed by atoms with E-state index in [9.17, 15) is 14.4 Å². The lowest BCUT2D eigenvalue weighted by Gasteiger charge is -2.25. The number of nitrogens with two attached hydrogens (primary N) is 1. The molecule has 2 N–H and O–H groups in total. The van der Waals surface area contributed by atoms with Crippen LogP contribution in [0.2, 0.25) is 0 Å². The lowest BCUT2D eigenvalue weighted by Crippen LogP contribution is -2.48. The van der Waals surface area contributed by atoms with E-state index < -0.39 is 17.7 Å². The van der Waals surface area contributed by atoms with E-state index in [0.29, 0.717) is 5.69 Å². The standard InChI is InChI=1S/C19H21N3O3/c1-15(23)21(13-12-20)18(24)19(25)22(17-10-6-3-7-11-17)14-16-8-4-2-5-9-16/h2-11H,12-14,20H2,1H3. The largest absolute Gasteiger partial charge is 0.329 e. The molecule has 0 fully saturated rings. The molecular formula is C19H21N3O3. The summed E-state index contributed by atoms with van der Waals surface area (Å²) in [6.07, 6.45) is 0. The summed E-state index contributed by atoms with van der Waals surface area (Å²) in [6, 6.07) is 18.2. The van der Waals surface area contributed by atoms with Gasteiger partial charge in [-0.15, -0.1) is 0 Å². The van der Waals surface area contributed by atoms with Crippen molar-refractivity contribution < 1.29 is 14.4 Å². The van der Waals surface area contributed by atoms with Gasteiger partial charge in [-0.25, -0.2) is 0 Å². The predicted molar refractivity (Wildman–Crippen MR) is 95.5 cm³/mol. The molecular weight excluding hydrogens is 318 g/mol. The number of carbonyl (C=O) groups excluding carboxylic acids is 3. The van der Waals surface area contributed by atoms with Gasteiger partial charge in [-0.1, -0.05) is 48.5 Å². The molecule has 0 spiro atoms. The molecule has 0 aromatic heterocycles. The first-order chi connectivity index (χ1) is 12.0. The lowest BCUT2D eigenvalue weighted by molar-refractivity contribution is -0.150. The Hall–Kier alpha value is -2.99. The average molecular weight is 339 g/mol. The molecule has 3 amide bonds. The van der Waals surface area contributed by atoms with Gasteiger partial charge in [0.15, 0.2) is 0 Å². The zero-order valence-corrected chi connectivity index (χ0v) is 14.1. The van der Waals surface area contributed by atoms with E-state index in [4.69, 9.17) is 5.73 Å². The smallest absolute Gasteiger partial charge is 0.319 e. The predicted octanol–water partition coefficient (Wildman–Crippen LogP) is 1.55. The number of para-hydroxylation sites is 1. The maximum absolute atomic E-state index is 12.8. The molecule has 0 unspecified atom stereocenters. The van der Waals surface area contributed by atoms with Crippen LogP contribution in [-0.4, -0.2) is 35.7 Å². The van der Waals surface area contributed by atoms with E-state index in [2.05, 4.69) is 0 Å². The number of hydrogen-bond acceptors (Lipinski definition) is 4. The Morgan fingerprint density at radius 1 is 0.880 bits per heavy atom. The monoisotopic (exact) mass is 339 g/mol. The van der Waals surface area contributed by atoms with Crippen molar-refractivity contribution in [3.63, 3.8) is 0 Å². The molecule has 0 heterocycles. The highest BCUT2D eigenvalue weighted by Gasteiger charge is 2.30. The van der Waals surface area contributed by atoms with Gasteiger partial charge < -0.3 is 5.73 Å². The van der Waals surface area contributed by atoms with Gasteiger partial charge >= 0.3 is 11.8 Å². The quantitative estimate of drug-likeness (QED) is 0.838. The van der Waals surface area contributed by atoms with E-state index in [0.717, 1.165) is 10.5 Å². The normalized spacial score (nSPS) is 10.2. The number of anilines is 1. The SMILES string of the molecule is CC(=O)N(CCN)C(=O)C(=O)N(Cc1ccccc1)c1ccccc1. The number of amides is 3. The first kappa shape index (κ1) is 18.4. The second kappa shape index (κ2) is 8.75. The molecule has 0 bridgehead atoms. The van der Waals surface area contributed by atoms with Gasteiger partial charge in [0.2, 0.25) is 5.91 Å². The molecule has 25 heavy (non-hydrogen) atoms. The molecule has 0 radical (unpaired) electrons. The molecule has 0 aliphatic carbocycles. The summed E-state index contributed by atoms with van der Waals surface area (Å²) in [5, 5.41) is 0. The molecule has 0 atom stereocenters. The van der Waals surface area contributed by atoms with Crippen molar-refractivity contribution in [1.29, 1.82) is 0 Å². The molecule has 0 aliphatic heterocycles. The van der Waals surface area contributed by atoms with Crippen LogP contribution < -0.4 is 10.6 Å². The summed E-state index contributed by atoms with van der Waals surface area (Å²) >= 11 is 0. The van der Waals surface area contributed by atoms with Gasteiger partial charge in [-0.05, 0) is 17.7 Å². The maximum Gasteiger partial charge on any atom is 0.319 e. The van der Waals surface area contributed by atoms with Gasteiger partial charge in [0.05, 0.1) is 6.54 Å². The van der Waals surface area contributed by atoms with Crippen molar-refractivity contribution in [2.24, 2.45) is 5.73 Å². The van der Waals surface area contributed by atoms with Crippen molar-refractivity contribution in [1.82, 2.24) is 4.90 Å². The Kier molecular flexibility index (Phi) is 6.42. The highest BCUT2D eigenvalue weighted by Crippen LogP contribution is 2.18. The van der Waals surface area contributed by atoms with Crippen LogP contribution in [-0.2, 0) is 20.9 Å². The van der Waals surface area contributed by atoms with Crippen molar-refractivity contribution in [3.8, 4) is 0 Å². The zero-order chi connectivity index (χ0) is 18.2. The Morgan fingerprint density at radius 2 is 1.44 bits per heavy atom. The molecule has 6 heteroatoms. The summed E-state index contributed by atoms with van der Waals surface area (Å²) in [5.41, 5.74) is 6.90. The third-order valence-electron chi connectivity index (χ3n) is 3.66. The fourth-order valence-corrected chi connectivity index (χ4v) is 2.42. The van der Waals surface area contributed by atoms with Gasteiger partial charge in [-0.2, -0.15) is 0 Å². The summed E-state index contributed by atoms with van der Waals surface area (Å²) in [5.74, 6) is -2.15. The zero-order valence-electron chi connectivity index (χ0n) is 14.1. The lowest BCUT2D eigenvalue weighted by atomic mass is 10.2. The van der Waals surface area contributed by atoms with Gasteiger partial charge in [0.1, 0.15) is 0 Å². The summed E-state index contributed by atoms with van der Waals surface area (Å²) in [6.45, 7) is 1.57. The highest BCUT2D eigenvalue weighted by molar-refractivity contribution is 6.42. The minimum Gasteiger partial charge on any atom is -0.329 e. The third-order valence-corrected chi connectivity index (χ3v) is 3.66. The first-order valence-corrected chi connectivity index (χ1v) is 7.97. The number of rotatable bonds is 5. The summed E-state index contributed by atoms with van der Waals surface area (Å²) in [4.78, 5) is 39.3. The van der Waals surface area contributed by atoms with Crippen LogP contribution in [0.5, 0.6) is 0 Å². The van der Waals surface area contributed by atoms with E-state index >= 15 is 0 Å².